The van der Waals surface area contributed by atoms with E-state index >= 15 is 0 Å². The number of rotatable bonds is 5. The zero-order valence-corrected chi connectivity index (χ0v) is 19.6. The summed E-state index contributed by atoms with van der Waals surface area (Å²) >= 11 is 0. The van der Waals surface area contributed by atoms with Gasteiger partial charge >= 0.3 is 5.97 Å². The second-order valence-electron chi connectivity index (χ2n) is 8.08. The lowest BCUT2D eigenvalue weighted by atomic mass is 10.1. The molecule has 5 rings (SSSR count). The van der Waals surface area contributed by atoms with Crippen LogP contribution in [0.2, 0.25) is 0 Å². The molecule has 3 aromatic carbocycles. The normalized spacial score (nSPS) is 13.6. The number of carbonyl (C=O) groups is 1. The summed E-state index contributed by atoms with van der Waals surface area (Å²) in [7, 11) is -3.79. The number of hydrogen-bond donors (Lipinski definition) is 0. The van der Waals surface area contributed by atoms with Crippen LogP contribution in [0.4, 0.5) is 5.69 Å². The smallest absolute Gasteiger partial charge is 0.343 e. The fraction of sp³-hybridized carbons (Fsp3) is 0.0741. The van der Waals surface area contributed by atoms with E-state index in [0.717, 1.165) is 11.1 Å². The predicted octanol–water partition coefficient (Wildman–Crippen LogP) is 4.76. The van der Waals surface area contributed by atoms with E-state index < -0.39 is 16.0 Å². The van der Waals surface area contributed by atoms with E-state index in [-0.39, 0.29) is 4.90 Å². The van der Waals surface area contributed by atoms with Crippen molar-refractivity contribution in [3.8, 4) is 5.75 Å². The molecule has 8 heteroatoms. The number of carbonyl (C=O) groups excluding carboxylic acids is 1. The third-order valence-corrected chi connectivity index (χ3v) is 6.93. The van der Waals surface area contributed by atoms with Crippen LogP contribution in [0.3, 0.4) is 0 Å². The molecule has 0 fully saturated rings. The first kappa shape index (κ1) is 22.5. The van der Waals surface area contributed by atoms with E-state index in [1.54, 1.807) is 60.7 Å². The number of pyridine rings is 1. The Morgan fingerprint density at radius 1 is 0.886 bits per heavy atom. The van der Waals surface area contributed by atoms with E-state index in [9.17, 15) is 13.2 Å². The van der Waals surface area contributed by atoms with Crippen LogP contribution < -0.4 is 9.64 Å². The molecule has 0 spiro atoms. The largest absolute Gasteiger partial charge is 0.423 e. The lowest BCUT2D eigenvalue weighted by Gasteiger charge is -2.25. The van der Waals surface area contributed by atoms with Gasteiger partial charge < -0.3 is 9.64 Å². The molecular weight excluding hydrogens is 462 g/mol. The number of fused-ring (bicyclic) bond motifs is 1. The Morgan fingerprint density at radius 3 is 2.29 bits per heavy atom. The summed E-state index contributed by atoms with van der Waals surface area (Å²) < 4.78 is 35.0. The van der Waals surface area contributed by atoms with E-state index in [1.807, 2.05) is 36.1 Å². The average molecular weight is 484 g/mol. The SMILES string of the molecule is Cc1ccc(CN(C2=NS(=O)(=O)c3ccccc32)c2ccc(OC(=O)c3ccncc3)cc2)cc1. The number of ether oxygens (including phenoxy) is 1. The third kappa shape index (κ3) is 4.69. The van der Waals surface area contributed by atoms with Crippen molar-refractivity contribution in [3.63, 3.8) is 0 Å². The molecule has 35 heavy (non-hydrogen) atoms. The molecule has 1 aliphatic heterocycles. The van der Waals surface area contributed by atoms with Crippen LogP contribution in [0, 0.1) is 6.92 Å². The number of nitrogens with zero attached hydrogens (tertiary/aromatic N) is 3. The number of aryl methyl sites for hydroxylation is 1. The van der Waals surface area contributed by atoms with Crippen molar-refractivity contribution < 1.29 is 17.9 Å². The fourth-order valence-corrected chi connectivity index (χ4v) is 5.01. The second kappa shape index (κ2) is 9.15. The number of esters is 1. The van der Waals surface area contributed by atoms with Gasteiger partial charge in [-0.3, -0.25) is 4.98 Å². The summed E-state index contributed by atoms with van der Waals surface area (Å²) in [6.45, 7) is 2.41. The molecule has 174 valence electrons. The van der Waals surface area contributed by atoms with Gasteiger partial charge in [-0.2, -0.15) is 8.42 Å². The molecule has 0 saturated heterocycles. The molecule has 0 N–H and O–H groups in total. The maximum absolute atomic E-state index is 12.7. The van der Waals surface area contributed by atoms with Gasteiger partial charge in [0.15, 0.2) is 5.84 Å². The third-order valence-electron chi connectivity index (χ3n) is 5.60. The molecule has 0 saturated carbocycles. The van der Waals surface area contributed by atoms with Crippen molar-refractivity contribution in [1.82, 2.24) is 4.98 Å². The summed E-state index contributed by atoms with van der Waals surface area (Å²) in [5.41, 5.74) is 3.78. The van der Waals surface area contributed by atoms with Crippen molar-refractivity contribution in [3.05, 3.63) is 120 Å². The molecule has 7 nitrogen and oxygen atoms in total. The van der Waals surface area contributed by atoms with Crippen molar-refractivity contribution in [2.75, 3.05) is 4.90 Å². The lowest BCUT2D eigenvalue weighted by Crippen LogP contribution is -2.30. The zero-order valence-electron chi connectivity index (χ0n) is 18.8. The van der Waals surface area contributed by atoms with Crippen molar-refractivity contribution in [2.45, 2.75) is 18.4 Å². The minimum absolute atomic E-state index is 0.187. The van der Waals surface area contributed by atoms with Crippen molar-refractivity contribution >= 4 is 27.5 Å². The Bertz CT molecular complexity index is 1520. The van der Waals surface area contributed by atoms with Crippen LogP contribution in [0.1, 0.15) is 27.0 Å². The standard InChI is InChI=1S/C27H21N3O4S/c1-19-6-8-20(9-7-19)18-30(26-24-4-2-3-5-25(24)35(32,33)29-26)22-10-12-23(13-11-22)34-27(31)21-14-16-28-17-15-21/h2-17H,18H2,1H3. The molecule has 0 radical (unpaired) electrons. The summed E-state index contributed by atoms with van der Waals surface area (Å²) in [5.74, 6) is 0.229. The van der Waals surface area contributed by atoms with Crippen molar-refractivity contribution in [2.24, 2.45) is 4.40 Å². The van der Waals surface area contributed by atoms with Gasteiger partial charge in [0.05, 0.1) is 5.56 Å². The minimum Gasteiger partial charge on any atom is -0.423 e. The molecule has 0 aliphatic carbocycles. The Hall–Kier alpha value is -4.30. The van der Waals surface area contributed by atoms with Crippen LogP contribution in [-0.4, -0.2) is 25.2 Å². The molecule has 0 bridgehead atoms. The monoisotopic (exact) mass is 483 g/mol. The first-order chi connectivity index (χ1) is 16.9. The van der Waals surface area contributed by atoms with Crippen LogP contribution in [0.15, 0.2) is 107 Å². The lowest BCUT2D eigenvalue weighted by molar-refractivity contribution is 0.0734. The number of hydrogen-bond acceptors (Lipinski definition) is 6. The van der Waals surface area contributed by atoms with Crippen LogP contribution in [0.5, 0.6) is 5.75 Å². The summed E-state index contributed by atoms with van der Waals surface area (Å²) in [6.07, 6.45) is 3.05. The van der Waals surface area contributed by atoms with Gasteiger partial charge in [-0.15, -0.1) is 4.40 Å². The molecule has 4 aromatic rings. The van der Waals surface area contributed by atoms with Crippen LogP contribution >= 0.6 is 0 Å². The molecule has 0 amide bonds. The van der Waals surface area contributed by atoms with Crippen molar-refractivity contribution in [1.29, 1.82) is 0 Å². The molecule has 0 unspecified atom stereocenters. The quantitative estimate of drug-likeness (QED) is 0.300. The van der Waals surface area contributed by atoms with Crippen LogP contribution in [-0.2, 0) is 16.6 Å². The number of sulfonamides is 1. The molecule has 1 aliphatic rings. The highest BCUT2D eigenvalue weighted by atomic mass is 32.2. The molecular formula is C27H21N3O4S. The predicted molar refractivity (Wildman–Crippen MR) is 133 cm³/mol. The highest BCUT2D eigenvalue weighted by molar-refractivity contribution is 7.90. The highest BCUT2D eigenvalue weighted by Crippen LogP contribution is 2.32. The van der Waals surface area contributed by atoms with Gasteiger partial charge in [0.2, 0.25) is 0 Å². The first-order valence-electron chi connectivity index (χ1n) is 10.9. The van der Waals surface area contributed by atoms with Gasteiger partial charge in [0.1, 0.15) is 10.6 Å². The van der Waals surface area contributed by atoms with E-state index in [1.165, 1.54) is 12.4 Å². The topological polar surface area (TPSA) is 88.9 Å². The maximum Gasteiger partial charge on any atom is 0.343 e. The maximum atomic E-state index is 12.7. The van der Waals surface area contributed by atoms with Gasteiger partial charge in [-0.25, -0.2) is 4.79 Å². The van der Waals surface area contributed by atoms with E-state index in [0.29, 0.717) is 34.9 Å². The van der Waals surface area contributed by atoms with Crippen LogP contribution in [0.25, 0.3) is 0 Å². The van der Waals surface area contributed by atoms with E-state index in [4.69, 9.17) is 4.74 Å². The summed E-state index contributed by atoms with van der Waals surface area (Å²) in [4.78, 5) is 18.3. The van der Waals surface area contributed by atoms with Gasteiger partial charge in [0.25, 0.3) is 10.0 Å². The highest BCUT2D eigenvalue weighted by Gasteiger charge is 2.32. The molecule has 0 atom stereocenters. The Balaban J connectivity index is 1.49. The Kier molecular flexibility index (Phi) is 5.88. The number of anilines is 1. The number of benzene rings is 3. The van der Waals surface area contributed by atoms with E-state index in [2.05, 4.69) is 9.38 Å². The number of aromatic nitrogens is 1. The minimum atomic E-state index is -3.79. The molecule has 1 aromatic heterocycles. The van der Waals surface area contributed by atoms with Gasteiger partial charge in [-0.05, 0) is 61.0 Å². The summed E-state index contributed by atoms with van der Waals surface area (Å²) in [6, 6.07) is 24.9. The molecule has 2 heterocycles. The summed E-state index contributed by atoms with van der Waals surface area (Å²) in [5, 5.41) is 0. The second-order valence-corrected chi connectivity index (χ2v) is 9.65. The zero-order chi connectivity index (χ0) is 24.4. The Morgan fingerprint density at radius 2 is 1.57 bits per heavy atom. The van der Waals surface area contributed by atoms with Gasteiger partial charge in [0, 0.05) is 30.2 Å². The first-order valence-corrected chi connectivity index (χ1v) is 12.3. The van der Waals surface area contributed by atoms with Gasteiger partial charge in [-0.1, -0.05) is 42.0 Å². The fourth-order valence-electron chi connectivity index (χ4n) is 3.80. The number of amidine groups is 1. The Labute approximate surface area is 203 Å². The average Bonchev–Trinajstić information content (AvgIpc) is 3.15.